The molecule has 0 unspecified atom stereocenters. The molecule has 96 valence electrons. The summed E-state index contributed by atoms with van der Waals surface area (Å²) < 4.78 is 0. The zero-order valence-corrected chi connectivity index (χ0v) is 11.0. The Hall–Kier alpha value is -1.54. The molecule has 2 rings (SSSR count). The Morgan fingerprint density at radius 2 is 2.06 bits per heavy atom. The lowest BCUT2D eigenvalue weighted by molar-refractivity contribution is 0.291. The number of nitrogens with zero attached hydrogens (tertiary/aromatic N) is 1. The zero-order chi connectivity index (χ0) is 12.8. The van der Waals surface area contributed by atoms with Gasteiger partial charge in [-0.15, -0.1) is 6.58 Å². The summed E-state index contributed by atoms with van der Waals surface area (Å²) in [6.07, 6.45) is 6.82. The van der Waals surface area contributed by atoms with Gasteiger partial charge in [0, 0.05) is 12.1 Å². The van der Waals surface area contributed by atoms with Crippen molar-refractivity contribution in [3.05, 3.63) is 54.6 Å². The molecule has 0 atom stereocenters. The lowest BCUT2D eigenvalue weighted by Gasteiger charge is -2.20. The fourth-order valence-corrected chi connectivity index (χ4v) is 2.31. The van der Waals surface area contributed by atoms with E-state index in [1.54, 1.807) is 0 Å². The minimum absolute atomic E-state index is 0.932. The van der Waals surface area contributed by atoms with Crippen LogP contribution in [-0.4, -0.2) is 11.6 Å². The third-order valence-electron chi connectivity index (χ3n) is 3.37. The Labute approximate surface area is 110 Å². The van der Waals surface area contributed by atoms with Crippen molar-refractivity contribution in [2.45, 2.75) is 32.2 Å². The van der Waals surface area contributed by atoms with Crippen LogP contribution in [0, 0.1) is 0 Å². The number of nitrogens with one attached hydrogen (secondary N) is 1. The topological polar surface area (TPSA) is 15.3 Å². The molecule has 0 saturated carbocycles. The predicted molar refractivity (Wildman–Crippen MR) is 77.7 cm³/mol. The molecule has 0 aliphatic carbocycles. The van der Waals surface area contributed by atoms with Crippen molar-refractivity contribution in [2.24, 2.45) is 0 Å². The van der Waals surface area contributed by atoms with E-state index < -0.39 is 0 Å². The fraction of sp³-hybridized carbons (Fsp3) is 0.375. The van der Waals surface area contributed by atoms with Crippen LogP contribution in [0.4, 0.5) is 0 Å². The summed E-state index contributed by atoms with van der Waals surface area (Å²) in [5, 5.41) is 2.16. The molecule has 0 bridgehead atoms. The summed E-state index contributed by atoms with van der Waals surface area (Å²) in [6.45, 7) is 9.84. The summed E-state index contributed by atoms with van der Waals surface area (Å²) in [5.74, 6) is 0. The molecule has 2 heteroatoms. The normalized spacial score (nSPS) is 13.8. The summed E-state index contributed by atoms with van der Waals surface area (Å²) in [6, 6.07) is 8.48. The minimum Gasteiger partial charge on any atom is -0.304 e. The van der Waals surface area contributed by atoms with E-state index in [1.807, 2.05) is 6.08 Å². The second-order valence-corrected chi connectivity index (χ2v) is 4.74. The first-order valence-electron chi connectivity index (χ1n) is 6.72. The minimum atomic E-state index is 0.932. The van der Waals surface area contributed by atoms with E-state index in [1.165, 1.54) is 30.4 Å². The Morgan fingerprint density at radius 1 is 1.22 bits per heavy atom. The van der Waals surface area contributed by atoms with E-state index >= 15 is 0 Å². The van der Waals surface area contributed by atoms with Gasteiger partial charge in [-0.2, -0.15) is 0 Å². The van der Waals surface area contributed by atoms with E-state index in [2.05, 4.69) is 47.9 Å². The average Bonchev–Trinajstić information content (AvgIpc) is 2.71. The van der Waals surface area contributed by atoms with Gasteiger partial charge < -0.3 is 5.01 Å². The van der Waals surface area contributed by atoms with Gasteiger partial charge in [-0.25, -0.2) is 5.43 Å². The number of rotatable bonds is 7. The molecule has 0 amide bonds. The summed E-state index contributed by atoms with van der Waals surface area (Å²) in [7, 11) is 0. The Balaban J connectivity index is 1.73. The third-order valence-corrected chi connectivity index (χ3v) is 3.37. The van der Waals surface area contributed by atoms with Gasteiger partial charge >= 0.3 is 0 Å². The Bertz CT molecular complexity index is 423. The number of allylic oxidation sites excluding steroid dienone is 1. The van der Waals surface area contributed by atoms with Crippen molar-refractivity contribution in [2.75, 3.05) is 6.54 Å². The number of hydrogen-bond acceptors (Lipinski definition) is 2. The molecule has 1 aromatic carbocycles. The summed E-state index contributed by atoms with van der Waals surface area (Å²) >= 11 is 0. The van der Waals surface area contributed by atoms with Crippen LogP contribution < -0.4 is 5.43 Å². The summed E-state index contributed by atoms with van der Waals surface area (Å²) in [4.78, 5) is 0. The molecule has 1 N–H and O–H groups in total. The third kappa shape index (κ3) is 3.02. The molecule has 0 saturated heterocycles. The number of hydrogen-bond donors (Lipinski definition) is 1. The van der Waals surface area contributed by atoms with Crippen LogP contribution >= 0.6 is 0 Å². The molecule has 1 heterocycles. The lowest BCUT2D eigenvalue weighted by Crippen LogP contribution is -2.32. The van der Waals surface area contributed by atoms with Crippen LogP contribution in [-0.2, 0) is 6.54 Å². The Morgan fingerprint density at radius 3 is 2.83 bits per heavy atom. The molecule has 0 aromatic heterocycles. The standard InChI is InChI=1S/C16H22N2/c1-3-4-5-6-9-12-17-18-13-15-10-7-8-11-16(15)14(18)2/h3,7-8,10-11,17H,1-2,4-6,9,12-13H2. The maximum Gasteiger partial charge on any atom is 0.0601 e. The van der Waals surface area contributed by atoms with Gasteiger partial charge in [-0.3, -0.25) is 0 Å². The van der Waals surface area contributed by atoms with Crippen molar-refractivity contribution in [1.29, 1.82) is 0 Å². The van der Waals surface area contributed by atoms with Crippen LogP contribution in [0.2, 0.25) is 0 Å². The molecule has 18 heavy (non-hydrogen) atoms. The van der Waals surface area contributed by atoms with Crippen LogP contribution in [0.3, 0.4) is 0 Å². The highest BCUT2D eigenvalue weighted by molar-refractivity contribution is 5.68. The van der Waals surface area contributed by atoms with E-state index in [0.717, 1.165) is 25.2 Å². The zero-order valence-electron chi connectivity index (χ0n) is 11.0. The molecule has 2 nitrogen and oxygen atoms in total. The lowest BCUT2D eigenvalue weighted by atomic mass is 10.1. The number of hydrazine groups is 1. The van der Waals surface area contributed by atoms with Gasteiger partial charge in [-0.05, 0) is 24.8 Å². The molecule has 1 aliphatic rings. The Kier molecular flexibility index (Phi) is 4.59. The molecular weight excluding hydrogens is 220 g/mol. The van der Waals surface area contributed by atoms with E-state index in [4.69, 9.17) is 0 Å². The first-order chi connectivity index (χ1) is 8.83. The first kappa shape index (κ1) is 12.9. The molecule has 0 spiro atoms. The fourth-order valence-electron chi connectivity index (χ4n) is 2.31. The number of unbranched alkanes of at least 4 members (excludes halogenated alkanes) is 3. The highest BCUT2D eigenvalue weighted by Crippen LogP contribution is 2.29. The SMILES string of the molecule is C=CCCCCCNN1Cc2ccccc2C1=C. The van der Waals surface area contributed by atoms with Crippen molar-refractivity contribution in [3.8, 4) is 0 Å². The van der Waals surface area contributed by atoms with Crippen molar-refractivity contribution < 1.29 is 0 Å². The van der Waals surface area contributed by atoms with E-state index in [-0.39, 0.29) is 0 Å². The second kappa shape index (κ2) is 6.41. The molecular formula is C16H22N2. The quantitative estimate of drug-likeness (QED) is 0.579. The molecule has 1 aromatic rings. The monoisotopic (exact) mass is 242 g/mol. The van der Waals surface area contributed by atoms with Gasteiger partial charge in [0.25, 0.3) is 0 Å². The second-order valence-electron chi connectivity index (χ2n) is 4.74. The van der Waals surface area contributed by atoms with E-state index in [9.17, 15) is 0 Å². The van der Waals surface area contributed by atoms with Crippen LogP contribution in [0.25, 0.3) is 5.70 Å². The summed E-state index contributed by atoms with van der Waals surface area (Å²) in [5.41, 5.74) is 7.19. The highest BCUT2D eigenvalue weighted by Gasteiger charge is 2.20. The van der Waals surface area contributed by atoms with E-state index in [0.29, 0.717) is 0 Å². The number of benzene rings is 1. The molecule has 0 radical (unpaired) electrons. The van der Waals surface area contributed by atoms with Crippen LogP contribution in [0.5, 0.6) is 0 Å². The van der Waals surface area contributed by atoms with Gasteiger partial charge in [0.1, 0.15) is 0 Å². The van der Waals surface area contributed by atoms with Gasteiger partial charge in [-0.1, -0.05) is 43.3 Å². The van der Waals surface area contributed by atoms with Gasteiger partial charge in [0.15, 0.2) is 0 Å². The van der Waals surface area contributed by atoms with Crippen molar-refractivity contribution >= 4 is 5.70 Å². The predicted octanol–water partition coefficient (Wildman–Crippen LogP) is 3.72. The van der Waals surface area contributed by atoms with Gasteiger partial charge in [0.05, 0.1) is 12.2 Å². The maximum atomic E-state index is 4.16. The molecule has 1 aliphatic heterocycles. The smallest absolute Gasteiger partial charge is 0.0601 e. The van der Waals surface area contributed by atoms with Crippen molar-refractivity contribution in [3.63, 3.8) is 0 Å². The maximum absolute atomic E-state index is 4.16. The first-order valence-corrected chi connectivity index (χ1v) is 6.72. The number of fused-ring (bicyclic) bond motifs is 1. The highest BCUT2D eigenvalue weighted by atomic mass is 15.5. The largest absolute Gasteiger partial charge is 0.304 e. The van der Waals surface area contributed by atoms with Gasteiger partial charge in [0.2, 0.25) is 0 Å². The van der Waals surface area contributed by atoms with Crippen LogP contribution in [0.1, 0.15) is 36.8 Å². The molecule has 0 fully saturated rings. The van der Waals surface area contributed by atoms with Crippen molar-refractivity contribution in [1.82, 2.24) is 10.4 Å². The average molecular weight is 242 g/mol. The van der Waals surface area contributed by atoms with Crippen LogP contribution in [0.15, 0.2) is 43.5 Å².